The minimum Gasteiger partial charge on any atom is -0.497 e. The topological polar surface area (TPSA) is 51.2 Å². The number of methoxy groups -OCH3 is 2. The number of hydrogen-bond acceptors (Lipinski definition) is 5. The van der Waals surface area contributed by atoms with Gasteiger partial charge in [0.05, 0.1) is 14.2 Å². The molecule has 0 N–H and O–H groups in total. The van der Waals surface area contributed by atoms with E-state index in [0.29, 0.717) is 36.8 Å². The highest BCUT2D eigenvalue weighted by atomic mass is 16.5. The maximum Gasteiger partial charge on any atom is 0.253 e. The van der Waals surface area contributed by atoms with Crippen LogP contribution >= 0.6 is 0 Å². The second-order valence-corrected chi connectivity index (χ2v) is 8.06. The molecule has 6 nitrogen and oxygen atoms in total. The predicted octanol–water partition coefficient (Wildman–Crippen LogP) is 4.24. The summed E-state index contributed by atoms with van der Waals surface area (Å²) < 4.78 is 16.6. The van der Waals surface area contributed by atoms with Gasteiger partial charge in [0.25, 0.3) is 5.91 Å². The average molecular weight is 447 g/mol. The molecule has 1 fully saturated rings. The molecule has 0 spiro atoms. The SMILES string of the molecule is COc1cccc(CN2CCN(C(=O)c3cccc(COc4ccccc4OC)c3)CC2)c1. The number of hydrogen-bond donors (Lipinski definition) is 0. The zero-order valence-electron chi connectivity index (χ0n) is 19.2. The number of benzene rings is 3. The van der Waals surface area contributed by atoms with Crippen molar-refractivity contribution >= 4 is 5.91 Å². The number of para-hydroxylation sites is 2. The normalized spacial score (nSPS) is 14.1. The van der Waals surface area contributed by atoms with Gasteiger partial charge in [0.1, 0.15) is 12.4 Å². The zero-order valence-corrected chi connectivity index (χ0v) is 19.2. The summed E-state index contributed by atoms with van der Waals surface area (Å²) in [5.74, 6) is 2.31. The summed E-state index contributed by atoms with van der Waals surface area (Å²) in [6.45, 7) is 4.35. The molecular formula is C27H30N2O4. The zero-order chi connectivity index (χ0) is 23.0. The fraction of sp³-hybridized carbons (Fsp3) is 0.296. The molecule has 1 aliphatic heterocycles. The predicted molar refractivity (Wildman–Crippen MR) is 128 cm³/mol. The highest BCUT2D eigenvalue weighted by Crippen LogP contribution is 2.26. The molecule has 1 saturated heterocycles. The summed E-state index contributed by atoms with van der Waals surface area (Å²) in [4.78, 5) is 17.4. The van der Waals surface area contributed by atoms with Gasteiger partial charge >= 0.3 is 0 Å². The van der Waals surface area contributed by atoms with E-state index in [2.05, 4.69) is 17.0 Å². The first-order chi connectivity index (χ1) is 16.2. The summed E-state index contributed by atoms with van der Waals surface area (Å²) >= 11 is 0. The first-order valence-corrected chi connectivity index (χ1v) is 11.2. The van der Waals surface area contributed by atoms with Crippen LogP contribution in [-0.4, -0.2) is 56.1 Å². The summed E-state index contributed by atoms with van der Waals surface area (Å²) in [7, 11) is 3.31. The molecule has 3 aromatic rings. The van der Waals surface area contributed by atoms with Gasteiger partial charge in [-0.3, -0.25) is 9.69 Å². The Morgan fingerprint density at radius 3 is 2.27 bits per heavy atom. The molecule has 6 heteroatoms. The Kier molecular flexibility index (Phi) is 7.47. The lowest BCUT2D eigenvalue weighted by molar-refractivity contribution is 0.0628. The van der Waals surface area contributed by atoms with Crippen LogP contribution in [0.4, 0.5) is 0 Å². The lowest BCUT2D eigenvalue weighted by atomic mass is 10.1. The van der Waals surface area contributed by atoms with Crippen LogP contribution in [0.2, 0.25) is 0 Å². The largest absolute Gasteiger partial charge is 0.497 e. The van der Waals surface area contributed by atoms with Crippen LogP contribution < -0.4 is 14.2 Å². The molecule has 0 bridgehead atoms. The molecule has 172 valence electrons. The van der Waals surface area contributed by atoms with Crippen LogP contribution in [0.15, 0.2) is 72.8 Å². The molecule has 3 aromatic carbocycles. The maximum absolute atomic E-state index is 13.1. The number of nitrogens with zero attached hydrogens (tertiary/aromatic N) is 2. The Balaban J connectivity index is 1.32. The molecule has 0 saturated carbocycles. The Morgan fingerprint density at radius 2 is 1.52 bits per heavy atom. The number of carbonyl (C=O) groups is 1. The van der Waals surface area contributed by atoms with Crippen molar-refractivity contribution in [3.05, 3.63) is 89.5 Å². The Bertz CT molecular complexity index is 1080. The van der Waals surface area contributed by atoms with E-state index in [1.807, 2.05) is 65.6 Å². The molecule has 0 aliphatic carbocycles. The van der Waals surface area contributed by atoms with Crippen molar-refractivity contribution in [3.8, 4) is 17.2 Å². The van der Waals surface area contributed by atoms with E-state index < -0.39 is 0 Å². The molecule has 0 aromatic heterocycles. The fourth-order valence-electron chi connectivity index (χ4n) is 4.01. The van der Waals surface area contributed by atoms with Gasteiger partial charge in [-0.2, -0.15) is 0 Å². The minimum atomic E-state index is 0.0650. The van der Waals surface area contributed by atoms with Crippen molar-refractivity contribution in [2.75, 3.05) is 40.4 Å². The van der Waals surface area contributed by atoms with E-state index in [9.17, 15) is 4.79 Å². The third kappa shape index (κ3) is 5.84. The Labute approximate surface area is 195 Å². The van der Waals surface area contributed by atoms with Gasteiger partial charge in [-0.15, -0.1) is 0 Å². The monoisotopic (exact) mass is 446 g/mol. The van der Waals surface area contributed by atoms with Crippen LogP contribution in [0, 0.1) is 0 Å². The minimum absolute atomic E-state index is 0.0650. The van der Waals surface area contributed by atoms with Crippen molar-refractivity contribution in [3.63, 3.8) is 0 Å². The van der Waals surface area contributed by atoms with Gasteiger partial charge in [0, 0.05) is 38.3 Å². The lowest BCUT2D eigenvalue weighted by Gasteiger charge is -2.35. The summed E-state index contributed by atoms with van der Waals surface area (Å²) in [6, 6.07) is 23.4. The highest BCUT2D eigenvalue weighted by molar-refractivity contribution is 5.94. The standard InChI is InChI=1S/C27H30N2O4/c1-31-24-10-6-7-21(18-24)19-28-13-15-29(16-14-28)27(30)23-9-5-8-22(17-23)20-33-26-12-4-3-11-25(26)32-2/h3-12,17-18H,13-16,19-20H2,1-2H3. The van der Waals surface area contributed by atoms with Crippen LogP contribution in [0.3, 0.4) is 0 Å². The number of carbonyl (C=O) groups excluding carboxylic acids is 1. The van der Waals surface area contributed by atoms with E-state index in [1.165, 1.54) is 5.56 Å². The second-order valence-electron chi connectivity index (χ2n) is 8.06. The molecular weight excluding hydrogens is 416 g/mol. The number of piperazine rings is 1. The van der Waals surface area contributed by atoms with E-state index in [-0.39, 0.29) is 5.91 Å². The second kappa shape index (κ2) is 10.9. The first-order valence-electron chi connectivity index (χ1n) is 11.2. The quantitative estimate of drug-likeness (QED) is 0.518. The molecule has 1 aliphatic rings. The fourth-order valence-corrected chi connectivity index (χ4v) is 4.01. The van der Waals surface area contributed by atoms with E-state index in [4.69, 9.17) is 14.2 Å². The van der Waals surface area contributed by atoms with Crippen molar-refractivity contribution in [1.29, 1.82) is 0 Å². The highest BCUT2D eigenvalue weighted by Gasteiger charge is 2.22. The van der Waals surface area contributed by atoms with E-state index >= 15 is 0 Å². The average Bonchev–Trinajstić information content (AvgIpc) is 2.88. The van der Waals surface area contributed by atoms with Crippen LogP contribution in [0.25, 0.3) is 0 Å². The van der Waals surface area contributed by atoms with Gasteiger partial charge < -0.3 is 19.1 Å². The molecule has 0 radical (unpaired) electrons. The van der Waals surface area contributed by atoms with Crippen molar-refractivity contribution < 1.29 is 19.0 Å². The summed E-state index contributed by atoms with van der Waals surface area (Å²) in [6.07, 6.45) is 0. The van der Waals surface area contributed by atoms with Crippen molar-refractivity contribution in [2.45, 2.75) is 13.2 Å². The first kappa shape index (κ1) is 22.7. The van der Waals surface area contributed by atoms with Gasteiger partial charge in [-0.25, -0.2) is 0 Å². The smallest absolute Gasteiger partial charge is 0.253 e. The van der Waals surface area contributed by atoms with Crippen LogP contribution in [0.5, 0.6) is 17.2 Å². The van der Waals surface area contributed by atoms with Gasteiger partial charge in [-0.05, 0) is 47.5 Å². The third-order valence-corrected chi connectivity index (χ3v) is 5.84. The summed E-state index contributed by atoms with van der Waals surface area (Å²) in [5.41, 5.74) is 2.86. The number of ether oxygens (including phenoxy) is 3. The molecule has 4 rings (SSSR count). The third-order valence-electron chi connectivity index (χ3n) is 5.84. The van der Waals surface area contributed by atoms with Gasteiger partial charge in [0.15, 0.2) is 11.5 Å². The molecule has 0 unspecified atom stereocenters. The Hall–Kier alpha value is -3.51. The van der Waals surface area contributed by atoms with Crippen LogP contribution in [0.1, 0.15) is 21.5 Å². The van der Waals surface area contributed by atoms with E-state index in [0.717, 1.165) is 30.9 Å². The summed E-state index contributed by atoms with van der Waals surface area (Å²) in [5, 5.41) is 0. The van der Waals surface area contributed by atoms with Gasteiger partial charge in [0.2, 0.25) is 0 Å². The molecule has 1 amide bonds. The van der Waals surface area contributed by atoms with Crippen LogP contribution in [-0.2, 0) is 13.2 Å². The number of rotatable bonds is 8. The van der Waals surface area contributed by atoms with Crippen molar-refractivity contribution in [1.82, 2.24) is 9.80 Å². The van der Waals surface area contributed by atoms with Crippen molar-refractivity contribution in [2.24, 2.45) is 0 Å². The maximum atomic E-state index is 13.1. The number of amides is 1. The molecule has 1 heterocycles. The molecule has 33 heavy (non-hydrogen) atoms. The van der Waals surface area contributed by atoms with Gasteiger partial charge in [-0.1, -0.05) is 36.4 Å². The lowest BCUT2D eigenvalue weighted by Crippen LogP contribution is -2.48. The van der Waals surface area contributed by atoms with E-state index in [1.54, 1.807) is 14.2 Å². The Morgan fingerprint density at radius 1 is 0.788 bits per heavy atom. The molecule has 0 atom stereocenters.